The van der Waals surface area contributed by atoms with Crippen LogP contribution in [0.5, 0.6) is 0 Å². The number of hydrogen-bond acceptors (Lipinski definition) is 8. The molecule has 1 fully saturated rings. The average molecular weight is 542 g/mol. The lowest BCUT2D eigenvalue weighted by molar-refractivity contribution is 0.0594. The quantitative estimate of drug-likeness (QED) is 0.356. The molecular formula is C25H27N5O7S. The van der Waals surface area contributed by atoms with Crippen molar-refractivity contribution in [3.05, 3.63) is 66.1 Å². The largest absolute Gasteiger partial charge is 0.465 e. The van der Waals surface area contributed by atoms with Crippen LogP contribution in [0.25, 0.3) is 11.4 Å². The predicted octanol–water partition coefficient (Wildman–Crippen LogP) is 4.02. The van der Waals surface area contributed by atoms with Crippen molar-refractivity contribution in [1.29, 1.82) is 0 Å². The van der Waals surface area contributed by atoms with E-state index in [2.05, 4.69) is 20.4 Å². The number of rotatable bonds is 5. The molecule has 1 aromatic heterocycles. The highest BCUT2D eigenvalue weighted by atomic mass is 32.2. The van der Waals surface area contributed by atoms with E-state index in [1.54, 1.807) is 75.4 Å². The zero-order valence-electron chi connectivity index (χ0n) is 21.0. The molecule has 12 nitrogen and oxygen atoms in total. The minimum absolute atomic E-state index is 0.151. The molecule has 1 unspecified atom stereocenters. The summed E-state index contributed by atoms with van der Waals surface area (Å²) in [5.41, 5.74) is 0.415. The number of sulfone groups is 1. The molecule has 2 aromatic carbocycles. The van der Waals surface area contributed by atoms with E-state index < -0.39 is 33.7 Å². The molecule has 0 bridgehead atoms. The van der Waals surface area contributed by atoms with Crippen molar-refractivity contribution < 1.29 is 32.4 Å². The van der Waals surface area contributed by atoms with Gasteiger partial charge in [-0.15, -0.1) is 4.99 Å². The van der Waals surface area contributed by atoms with Gasteiger partial charge in [0.2, 0.25) is 17.7 Å². The lowest BCUT2D eigenvalue weighted by Crippen LogP contribution is -2.52. The van der Waals surface area contributed by atoms with Crippen LogP contribution in [0.2, 0.25) is 0 Å². The summed E-state index contributed by atoms with van der Waals surface area (Å²) in [6, 6.07) is 14.5. The molecule has 2 N–H and O–H groups in total. The fourth-order valence-corrected chi connectivity index (χ4v) is 5.07. The van der Waals surface area contributed by atoms with Crippen molar-refractivity contribution in [3.63, 3.8) is 0 Å². The number of aromatic nitrogens is 2. The zero-order valence-corrected chi connectivity index (χ0v) is 21.8. The number of carboxylic acid groups (broad SMARTS) is 1. The van der Waals surface area contributed by atoms with Gasteiger partial charge in [0.15, 0.2) is 9.84 Å². The zero-order chi connectivity index (χ0) is 27.5. The normalized spacial score (nSPS) is 16.0. The minimum Gasteiger partial charge on any atom is -0.465 e. The van der Waals surface area contributed by atoms with E-state index >= 15 is 0 Å². The van der Waals surface area contributed by atoms with Gasteiger partial charge in [0.1, 0.15) is 11.6 Å². The van der Waals surface area contributed by atoms with Crippen molar-refractivity contribution in [1.82, 2.24) is 20.4 Å². The van der Waals surface area contributed by atoms with Gasteiger partial charge in [-0.25, -0.2) is 18.0 Å². The van der Waals surface area contributed by atoms with Crippen LogP contribution in [0.3, 0.4) is 0 Å². The Morgan fingerprint density at radius 1 is 1.16 bits per heavy atom. The Bertz CT molecular complexity index is 1450. The van der Waals surface area contributed by atoms with E-state index in [-0.39, 0.29) is 28.3 Å². The number of likely N-dealkylation sites (tertiary alicyclic amines) is 1. The number of carbonyl (C=O) groups excluding carboxylic acids is 1. The summed E-state index contributed by atoms with van der Waals surface area (Å²) in [5, 5.41) is 15.3. The number of nitrogens with one attached hydrogen (secondary N) is 1. The topological polar surface area (TPSA) is 164 Å². The Labute approximate surface area is 219 Å². The second kappa shape index (κ2) is 10.6. The van der Waals surface area contributed by atoms with Gasteiger partial charge in [0.25, 0.3) is 0 Å². The van der Waals surface area contributed by atoms with E-state index in [1.165, 1.54) is 4.90 Å². The van der Waals surface area contributed by atoms with Crippen LogP contribution < -0.4 is 5.32 Å². The lowest BCUT2D eigenvalue weighted by Gasteiger charge is -2.39. The van der Waals surface area contributed by atoms with Gasteiger partial charge < -0.3 is 19.3 Å². The van der Waals surface area contributed by atoms with Crippen LogP contribution in [0, 0.1) is 0 Å². The van der Waals surface area contributed by atoms with Gasteiger partial charge in [-0.1, -0.05) is 47.6 Å². The van der Waals surface area contributed by atoms with Gasteiger partial charge >= 0.3 is 12.2 Å². The molecule has 2 heterocycles. The Morgan fingerprint density at radius 2 is 1.84 bits per heavy atom. The second-order valence-corrected chi connectivity index (χ2v) is 11.6. The Morgan fingerprint density at radius 3 is 2.42 bits per heavy atom. The minimum atomic E-state index is -3.48. The van der Waals surface area contributed by atoms with Crippen molar-refractivity contribution in [2.75, 3.05) is 6.54 Å². The number of nitrogens with zero attached hydrogens (tertiary/aromatic N) is 4. The van der Waals surface area contributed by atoms with Crippen molar-refractivity contribution >= 4 is 28.0 Å². The molecular weight excluding hydrogens is 514 g/mol. The van der Waals surface area contributed by atoms with Crippen LogP contribution in [-0.2, 0) is 20.3 Å². The van der Waals surface area contributed by atoms with Crippen LogP contribution in [-0.4, -0.2) is 58.9 Å². The number of carbonyl (C=O) groups is 2. The molecule has 4 rings (SSSR count). The smallest absolute Gasteiger partial charge is 0.437 e. The highest BCUT2D eigenvalue weighted by Gasteiger charge is 2.38. The molecule has 1 aliphatic heterocycles. The second-order valence-electron chi connectivity index (χ2n) is 9.57. The number of benzene rings is 2. The molecule has 3 aromatic rings. The van der Waals surface area contributed by atoms with Crippen LogP contribution >= 0.6 is 0 Å². The average Bonchev–Trinajstić information content (AvgIpc) is 3.26. The molecule has 38 heavy (non-hydrogen) atoms. The van der Waals surface area contributed by atoms with Gasteiger partial charge in [-0.05, 0) is 44.9 Å². The Balaban J connectivity index is 1.48. The fraction of sp³-hybridized carbons (Fsp3) is 0.320. The summed E-state index contributed by atoms with van der Waals surface area (Å²) >= 11 is 0. The van der Waals surface area contributed by atoms with Gasteiger partial charge in [-0.2, -0.15) is 4.98 Å². The third kappa shape index (κ3) is 6.54. The molecule has 1 saturated heterocycles. The first-order chi connectivity index (χ1) is 17.9. The summed E-state index contributed by atoms with van der Waals surface area (Å²) in [6.45, 7) is 5.42. The summed E-state index contributed by atoms with van der Waals surface area (Å²) in [5.74, 6) is 0.140. The maximum Gasteiger partial charge on any atom is 0.437 e. The SMILES string of the molecule is CC(C)(C)OC(=O)N=C(NC(=O)O)N1CCC1c1nc(-c2ccc(CS(=O)(=O)c3ccccc3)cc2)no1. The summed E-state index contributed by atoms with van der Waals surface area (Å²) < 4.78 is 35.9. The number of hydrogen-bond donors (Lipinski definition) is 2. The lowest BCUT2D eigenvalue weighted by atomic mass is 10.0. The highest BCUT2D eigenvalue weighted by Crippen LogP contribution is 2.33. The number of ether oxygens (including phenoxy) is 1. The van der Waals surface area contributed by atoms with E-state index in [9.17, 15) is 23.1 Å². The van der Waals surface area contributed by atoms with Gasteiger partial charge in [0, 0.05) is 12.1 Å². The van der Waals surface area contributed by atoms with E-state index in [0.717, 1.165) is 0 Å². The molecule has 0 saturated carbocycles. The Hall–Kier alpha value is -4.26. The third-order valence-electron chi connectivity index (χ3n) is 5.50. The Kier molecular flexibility index (Phi) is 7.49. The molecule has 200 valence electrons. The standard InChI is InChI=1S/C25H27N5O7S/c1-25(2,3)36-24(33)28-22(27-23(31)32)30-14-13-19(30)21-26-20(29-37-21)17-11-9-16(10-12-17)15-38(34,35)18-7-5-4-6-8-18/h4-12,19H,13-15H2,1-3H3,(H,31,32)(H,27,28,33). The van der Waals surface area contributed by atoms with Crippen molar-refractivity contribution in [2.45, 2.75) is 49.5 Å². The van der Waals surface area contributed by atoms with Gasteiger partial charge in [0.05, 0.1) is 10.6 Å². The van der Waals surface area contributed by atoms with Crippen molar-refractivity contribution in [3.8, 4) is 11.4 Å². The molecule has 2 amide bonds. The fourth-order valence-electron chi connectivity index (χ4n) is 3.70. The summed E-state index contributed by atoms with van der Waals surface area (Å²) in [4.78, 5) is 33.4. The number of guanidine groups is 1. The van der Waals surface area contributed by atoms with Gasteiger partial charge in [-0.3, -0.25) is 5.32 Å². The highest BCUT2D eigenvalue weighted by molar-refractivity contribution is 7.90. The molecule has 1 atom stereocenters. The van der Waals surface area contributed by atoms with E-state index in [4.69, 9.17) is 9.26 Å². The molecule has 0 radical (unpaired) electrons. The third-order valence-corrected chi connectivity index (χ3v) is 7.20. The summed E-state index contributed by atoms with van der Waals surface area (Å²) in [7, 11) is -3.48. The number of aliphatic imine (C=N–C) groups is 1. The molecule has 13 heteroatoms. The predicted molar refractivity (Wildman–Crippen MR) is 136 cm³/mol. The summed E-state index contributed by atoms with van der Waals surface area (Å²) in [6.07, 6.45) is -1.77. The van der Waals surface area contributed by atoms with Crippen LogP contribution in [0.4, 0.5) is 9.59 Å². The van der Waals surface area contributed by atoms with E-state index in [0.29, 0.717) is 24.1 Å². The van der Waals surface area contributed by atoms with Crippen molar-refractivity contribution in [2.24, 2.45) is 4.99 Å². The van der Waals surface area contributed by atoms with Crippen LogP contribution in [0.15, 0.2) is 69.0 Å². The molecule has 1 aliphatic rings. The first-order valence-corrected chi connectivity index (χ1v) is 13.4. The molecule has 0 aliphatic carbocycles. The van der Waals surface area contributed by atoms with Crippen LogP contribution in [0.1, 0.15) is 44.7 Å². The number of amides is 2. The maximum atomic E-state index is 12.6. The first-order valence-electron chi connectivity index (χ1n) is 11.7. The van der Waals surface area contributed by atoms with E-state index in [1.807, 2.05) is 0 Å². The maximum absolute atomic E-state index is 12.6. The molecule has 0 spiro atoms. The monoisotopic (exact) mass is 541 g/mol. The first kappa shape index (κ1) is 26.8.